The number of nitriles is 1. The molecule has 1 aliphatic heterocycles. The Hall–Kier alpha value is -1.60. The van der Waals surface area contributed by atoms with E-state index in [1.165, 1.54) is 6.07 Å². The fourth-order valence-electron chi connectivity index (χ4n) is 1.81. The first-order valence-electron chi connectivity index (χ1n) is 6.34. The van der Waals surface area contributed by atoms with E-state index in [2.05, 4.69) is 5.32 Å². The summed E-state index contributed by atoms with van der Waals surface area (Å²) in [6, 6.07) is 6.71. The predicted octanol–water partition coefficient (Wildman–Crippen LogP) is 3.31. The molecule has 2 rings (SSSR count). The average molecular weight is 250 g/mol. The molecule has 1 aromatic rings. The average Bonchev–Trinajstić information content (AvgIpc) is 2.44. The molecule has 0 aromatic heterocycles. The summed E-state index contributed by atoms with van der Waals surface area (Å²) in [6.45, 7) is 5.38. The largest absolute Gasteiger partial charge is 0.381 e. The van der Waals surface area contributed by atoms with Crippen molar-refractivity contribution in [2.45, 2.75) is 32.7 Å². The quantitative estimate of drug-likeness (QED) is 0.875. The van der Waals surface area contributed by atoms with E-state index in [9.17, 15) is 4.39 Å². The van der Waals surface area contributed by atoms with E-state index < -0.39 is 0 Å². The molecule has 1 fully saturated rings. The van der Waals surface area contributed by atoms with E-state index in [0.717, 1.165) is 12.8 Å². The van der Waals surface area contributed by atoms with Gasteiger partial charge in [-0.05, 0) is 25.0 Å². The number of hydrogen-bond donors (Lipinski definition) is 1. The number of para-hydroxylation sites is 1. The normalized spacial score (nSPS) is 15.2. The lowest BCUT2D eigenvalue weighted by Gasteiger charge is -2.24. The van der Waals surface area contributed by atoms with Crippen molar-refractivity contribution in [2.75, 3.05) is 18.5 Å². The molecule has 1 aromatic carbocycles. The van der Waals surface area contributed by atoms with Crippen molar-refractivity contribution in [3.63, 3.8) is 0 Å². The van der Waals surface area contributed by atoms with Crippen molar-refractivity contribution in [2.24, 2.45) is 0 Å². The molecule has 0 atom stereocenters. The van der Waals surface area contributed by atoms with Gasteiger partial charge in [-0.2, -0.15) is 5.26 Å². The number of benzene rings is 1. The fraction of sp³-hybridized carbons (Fsp3) is 0.500. The van der Waals surface area contributed by atoms with Crippen LogP contribution in [0.2, 0.25) is 0 Å². The fourth-order valence-corrected chi connectivity index (χ4v) is 1.81. The van der Waals surface area contributed by atoms with Crippen LogP contribution in [0, 0.1) is 17.1 Å². The lowest BCUT2D eigenvalue weighted by Crippen LogP contribution is -2.28. The summed E-state index contributed by atoms with van der Waals surface area (Å²) in [7, 11) is 0. The van der Waals surface area contributed by atoms with Gasteiger partial charge in [0, 0.05) is 19.3 Å². The molecule has 0 bridgehead atoms. The number of halogens is 1. The second-order valence-corrected chi connectivity index (χ2v) is 3.81. The van der Waals surface area contributed by atoms with Crippen LogP contribution in [-0.4, -0.2) is 19.3 Å². The molecular weight excluding hydrogens is 231 g/mol. The summed E-state index contributed by atoms with van der Waals surface area (Å²) < 4.78 is 18.8. The number of hydrogen-bond acceptors (Lipinski definition) is 3. The Labute approximate surface area is 108 Å². The van der Waals surface area contributed by atoms with Crippen LogP contribution in [0.5, 0.6) is 0 Å². The minimum atomic E-state index is -0.370. The Morgan fingerprint density at radius 2 is 2.00 bits per heavy atom. The van der Waals surface area contributed by atoms with Crippen molar-refractivity contribution in [1.29, 1.82) is 5.26 Å². The number of nitrogens with one attached hydrogen (secondary N) is 1. The molecule has 1 N–H and O–H groups in total. The highest BCUT2D eigenvalue weighted by Crippen LogP contribution is 2.22. The highest BCUT2D eigenvalue weighted by molar-refractivity contribution is 5.58. The topological polar surface area (TPSA) is 45.0 Å². The molecule has 1 aliphatic rings. The first-order valence-corrected chi connectivity index (χ1v) is 6.34. The smallest absolute Gasteiger partial charge is 0.147 e. The van der Waals surface area contributed by atoms with Gasteiger partial charge in [-0.3, -0.25) is 0 Å². The summed E-state index contributed by atoms with van der Waals surface area (Å²) in [5, 5.41) is 12.0. The molecule has 1 heterocycles. The molecule has 1 saturated heterocycles. The monoisotopic (exact) mass is 250 g/mol. The minimum absolute atomic E-state index is 0.192. The van der Waals surface area contributed by atoms with E-state index in [0.29, 0.717) is 24.5 Å². The van der Waals surface area contributed by atoms with Gasteiger partial charge in [0.15, 0.2) is 0 Å². The zero-order chi connectivity index (χ0) is 13.4. The van der Waals surface area contributed by atoms with Crippen molar-refractivity contribution in [3.05, 3.63) is 29.6 Å². The third-order valence-electron chi connectivity index (χ3n) is 2.70. The van der Waals surface area contributed by atoms with Crippen molar-refractivity contribution < 1.29 is 9.13 Å². The maximum atomic E-state index is 13.5. The molecule has 0 spiro atoms. The zero-order valence-corrected chi connectivity index (χ0v) is 10.9. The molecule has 98 valence electrons. The predicted molar refractivity (Wildman–Crippen MR) is 69.9 cm³/mol. The first kappa shape index (κ1) is 14.5. The number of anilines is 1. The van der Waals surface area contributed by atoms with Gasteiger partial charge < -0.3 is 10.1 Å². The van der Waals surface area contributed by atoms with Gasteiger partial charge >= 0.3 is 0 Å². The Bertz CT molecular complexity index is 409. The molecule has 18 heavy (non-hydrogen) atoms. The van der Waals surface area contributed by atoms with Gasteiger partial charge in [0.25, 0.3) is 0 Å². The summed E-state index contributed by atoms with van der Waals surface area (Å²) in [4.78, 5) is 0. The third-order valence-corrected chi connectivity index (χ3v) is 2.70. The van der Waals surface area contributed by atoms with Crippen molar-refractivity contribution in [1.82, 2.24) is 0 Å². The number of nitrogens with zero attached hydrogens (tertiary/aromatic N) is 1. The molecule has 0 unspecified atom stereocenters. The van der Waals surface area contributed by atoms with Gasteiger partial charge in [0.1, 0.15) is 11.9 Å². The molecular formula is C14H19FN2O. The van der Waals surface area contributed by atoms with Gasteiger partial charge in [0.2, 0.25) is 0 Å². The summed E-state index contributed by atoms with van der Waals surface area (Å²) in [6.07, 6.45) is 1.69. The summed E-state index contributed by atoms with van der Waals surface area (Å²) in [5.74, 6) is -0.370. The second-order valence-electron chi connectivity index (χ2n) is 3.81. The number of rotatable bonds is 2. The van der Waals surface area contributed by atoms with E-state index >= 15 is 0 Å². The van der Waals surface area contributed by atoms with E-state index in [1.54, 1.807) is 12.1 Å². The molecule has 3 nitrogen and oxygen atoms in total. The maximum Gasteiger partial charge on any atom is 0.147 e. The van der Waals surface area contributed by atoms with Crippen LogP contribution in [0.25, 0.3) is 0 Å². The Kier molecular flexibility index (Phi) is 6.16. The zero-order valence-electron chi connectivity index (χ0n) is 10.9. The highest BCUT2D eigenvalue weighted by atomic mass is 19.1. The van der Waals surface area contributed by atoms with Crippen LogP contribution in [0.3, 0.4) is 0 Å². The lowest BCUT2D eigenvalue weighted by atomic mass is 10.1. The van der Waals surface area contributed by atoms with E-state index in [-0.39, 0.29) is 11.9 Å². The summed E-state index contributed by atoms with van der Waals surface area (Å²) in [5.41, 5.74) is 0.670. The molecule has 0 amide bonds. The number of ether oxygens (including phenoxy) is 1. The highest BCUT2D eigenvalue weighted by Gasteiger charge is 2.16. The van der Waals surface area contributed by atoms with Crippen LogP contribution < -0.4 is 5.32 Å². The van der Waals surface area contributed by atoms with Crippen LogP contribution >= 0.6 is 0 Å². The second kappa shape index (κ2) is 7.67. The van der Waals surface area contributed by atoms with Crippen LogP contribution in [0.4, 0.5) is 10.1 Å². The van der Waals surface area contributed by atoms with E-state index in [4.69, 9.17) is 10.00 Å². The molecule has 0 saturated carbocycles. The van der Waals surface area contributed by atoms with Crippen molar-refractivity contribution in [3.8, 4) is 6.07 Å². The minimum Gasteiger partial charge on any atom is -0.381 e. The summed E-state index contributed by atoms with van der Waals surface area (Å²) >= 11 is 0. The Morgan fingerprint density at radius 1 is 1.33 bits per heavy atom. The van der Waals surface area contributed by atoms with Crippen LogP contribution in [0.15, 0.2) is 18.2 Å². The van der Waals surface area contributed by atoms with Crippen LogP contribution in [-0.2, 0) is 4.74 Å². The van der Waals surface area contributed by atoms with Crippen molar-refractivity contribution >= 4 is 5.69 Å². The molecule has 0 aliphatic carbocycles. The molecule has 0 radical (unpaired) electrons. The standard InChI is InChI=1S/C12H13FN2O.C2H6/c13-11-3-1-2-9(8-14)12(11)15-10-4-6-16-7-5-10;1-2/h1-3,10,15H,4-7H2;1-2H3. The van der Waals surface area contributed by atoms with Gasteiger partial charge in [-0.15, -0.1) is 0 Å². The van der Waals surface area contributed by atoms with Crippen LogP contribution in [0.1, 0.15) is 32.3 Å². The molecule has 4 heteroatoms. The van der Waals surface area contributed by atoms with Gasteiger partial charge in [-0.1, -0.05) is 19.9 Å². The third kappa shape index (κ3) is 3.71. The van der Waals surface area contributed by atoms with E-state index in [1.807, 2.05) is 19.9 Å². The Balaban J connectivity index is 0.000000771. The van der Waals surface area contributed by atoms with Gasteiger partial charge in [0.05, 0.1) is 11.3 Å². The first-order chi connectivity index (χ1) is 8.81. The lowest BCUT2D eigenvalue weighted by molar-refractivity contribution is 0.0904. The maximum absolute atomic E-state index is 13.5. The van der Waals surface area contributed by atoms with Gasteiger partial charge in [-0.25, -0.2) is 4.39 Å². The Morgan fingerprint density at radius 3 is 2.61 bits per heavy atom. The SMILES string of the molecule is CC.N#Cc1cccc(F)c1NC1CCOCC1.